The molecular formula is C12H16ClNO2S. The monoisotopic (exact) mass is 273 g/mol. The number of alkyl halides is 1. The van der Waals surface area contributed by atoms with Crippen molar-refractivity contribution in [2.45, 2.75) is 25.3 Å². The van der Waals surface area contributed by atoms with E-state index in [9.17, 15) is 4.79 Å². The fourth-order valence-corrected chi connectivity index (χ4v) is 3.12. The highest BCUT2D eigenvalue weighted by Crippen LogP contribution is 2.24. The van der Waals surface area contributed by atoms with Gasteiger partial charge in [0, 0.05) is 24.5 Å². The molecule has 1 N–H and O–H groups in total. The highest BCUT2D eigenvalue weighted by Gasteiger charge is 2.33. The highest BCUT2D eigenvalue weighted by molar-refractivity contribution is 7.08. The lowest BCUT2D eigenvalue weighted by Gasteiger charge is -2.36. The molecule has 5 heteroatoms. The molecule has 0 saturated carbocycles. The van der Waals surface area contributed by atoms with Crippen molar-refractivity contribution in [2.75, 3.05) is 19.1 Å². The lowest BCUT2D eigenvalue weighted by molar-refractivity contribution is 0.0434. The maximum atomic E-state index is 12.2. The van der Waals surface area contributed by atoms with Gasteiger partial charge >= 0.3 is 0 Å². The largest absolute Gasteiger partial charge is 0.381 e. The summed E-state index contributed by atoms with van der Waals surface area (Å²) in [6.45, 7) is 3.27. The maximum absolute atomic E-state index is 12.2. The van der Waals surface area contributed by atoms with Gasteiger partial charge in [-0.25, -0.2) is 0 Å². The van der Waals surface area contributed by atoms with E-state index in [1.807, 2.05) is 17.7 Å². The Bertz CT molecular complexity index is 399. The van der Waals surface area contributed by atoms with Crippen LogP contribution in [0.5, 0.6) is 0 Å². The predicted molar refractivity (Wildman–Crippen MR) is 70.0 cm³/mol. The lowest BCUT2D eigenvalue weighted by atomic mass is 9.92. The molecule has 0 unspecified atom stereocenters. The summed E-state index contributed by atoms with van der Waals surface area (Å²) in [5.41, 5.74) is 1.47. The molecule has 2 rings (SSSR count). The number of hydrogen-bond donors (Lipinski definition) is 1. The van der Waals surface area contributed by atoms with Crippen molar-refractivity contribution < 1.29 is 9.53 Å². The van der Waals surface area contributed by atoms with Gasteiger partial charge in [0.2, 0.25) is 0 Å². The fraction of sp³-hybridized carbons (Fsp3) is 0.583. The molecule has 0 radical (unpaired) electrons. The average molecular weight is 274 g/mol. The van der Waals surface area contributed by atoms with Crippen molar-refractivity contribution in [3.8, 4) is 0 Å². The molecule has 1 saturated heterocycles. The van der Waals surface area contributed by atoms with Crippen molar-refractivity contribution in [1.82, 2.24) is 5.32 Å². The molecule has 1 aliphatic rings. The molecule has 1 aromatic heterocycles. The van der Waals surface area contributed by atoms with Crippen molar-refractivity contribution >= 4 is 28.8 Å². The Labute approximate surface area is 110 Å². The standard InChI is InChI=1S/C12H16ClNO2S/c1-9-6-17-7-10(9)11(15)14-12(8-13)2-4-16-5-3-12/h6-7H,2-5,8H2,1H3,(H,14,15). The molecule has 0 spiro atoms. The van der Waals surface area contributed by atoms with Crippen LogP contribution >= 0.6 is 22.9 Å². The lowest BCUT2D eigenvalue weighted by Crippen LogP contribution is -2.53. The third-order valence-corrected chi connectivity index (χ3v) is 4.56. The first-order valence-electron chi connectivity index (χ1n) is 5.66. The van der Waals surface area contributed by atoms with E-state index >= 15 is 0 Å². The van der Waals surface area contributed by atoms with Crippen LogP contribution in [0.1, 0.15) is 28.8 Å². The van der Waals surface area contributed by atoms with Gasteiger partial charge in [0.1, 0.15) is 0 Å². The second kappa shape index (κ2) is 5.38. The van der Waals surface area contributed by atoms with Gasteiger partial charge in [-0.05, 0) is 30.7 Å². The molecule has 94 valence electrons. The summed E-state index contributed by atoms with van der Waals surface area (Å²) in [4.78, 5) is 12.2. The number of rotatable bonds is 3. The smallest absolute Gasteiger partial charge is 0.252 e. The predicted octanol–water partition coefficient (Wildman–Crippen LogP) is 2.57. The Morgan fingerprint density at radius 3 is 2.76 bits per heavy atom. The van der Waals surface area contributed by atoms with Crippen LogP contribution in [0.3, 0.4) is 0 Å². The normalized spacial score (nSPS) is 18.9. The number of thiophene rings is 1. The molecular weight excluding hydrogens is 258 g/mol. The summed E-state index contributed by atoms with van der Waals surface area (Å²) < 4.78 is 5.31. The van der Waals surface area contributed by atoms with Crippen LogP contribution in [-0.4, -0.2) is 30.5 Å². The number of halogens is 1. The molecule has 0 atom stereocenters. The first kappa shape index (κ1) is 12.9. The summed E-state index contributed by atoms with van der Waals surface area (Å²) >= 11 is 7.56. The zero-order chi connectivity index (χ0) is 12.3. The van der Waals surface area contributed by atoms with Gasteiger partial charge in [0.15, 0.2) is 0 Å². The summed E-state index contributed by atoms with van der Waals surface area (Å²) in [5.74, 6) is 0.414. The third-order valence-electron chi connectivity index (χ3n) is 3.18. The number of hydrogen-bond acceptors (Lipinski definition) is 3. The zero-order valence-electron chi connectivity index (χ0n) is 9.79. The summed E-state index contributed by atoms with van der Waals surface area (Å²) in [6, 6.07) is 0. The maximum Gasteiger partial charge on any atom is 0.252 e. The molecule has 1 fully saturated rings. The SMILES string of the molecule is Cc1cscc1C(=O)NC1(CCl)CCOCC1. The van der Waals surface area contributed by atoms with Crippen molar-refractivity contribution in [1.29, 1.82) is 0 Å². The van der Waals surface area contributed by atoms with Crippen molar-refractivity contribution in [3.63, 3.8) is 0 Å². The number of carbonyl (C=O) groups excluding carboxylic acids is 1. The van der Waals surface area contributed by atoms with Gasteiger partial charge in [-0.3, -0.25) is 4.79 Å². The summed E-state index contributed by atoms with van der Waals surface area (Å²) in [7, 11) is 0. The van der Waals surface area contributed by atoms with Crippen LogP contribution in [0.25, 0.3) is 0 Å². The molecule has 3 nitrogen and oxygen atoms in total. The van der Waals surface area contributed by atoms with Crippen LogP contribution in [0.2, 0.25) is 0 Å². The molecule has 2 heterocycles. The van der Waals surface area contributed by atoms with Crippen molar-refractivity contribution in [2.24, 2.45) is 0 Å². The summed E-state index contributed by atoms with van der Waals surface area (Å²) in [6.07, 6.45) is 1.57. The fourth-order valence-electron chi connectivity index (χ4n) is 1.96. The van der Waals surface area contributed by atoms with Gasteiger partial charge in [-0.15, -0.1) is 11.6 Å². The van der Waals surface area contributed by atoms with E-state index in [0.717, 1.165) is 24.0 Å². The van der Waals surface area contributed by atoms with E-state index in [0.29, 0.717) is 19.1 Å². The Hall–Kier alpha value is -0.580. The van der Waals surface area contributed by atoms with Gasteiger partial charge in [0.05, 0.1) is 11.1 Å². The molecule has 1 aromatic rings. The third kappa shape index (κ3) is 2.81. The topological polar surface area (TPSA) is 38.3 Å². The second-order valence-corrected chi connectivity index (χ2v) is 5.46. The summed E-state index contributed by atoms with van der Waals surface area (Å²) in [5, 5.41) is 6.94. The first-order chi connectivity index (χ1) is 8.17. The Kier molecular flexibility index (Phi) is 4.07. The van der Waals surface area contributed by atoms with Gasteiger partial charge < -0.3 is 10.1 Å². The number of carbonyl (C=O) groups is 1. The van der Waals surface area contributed by atoms with Gasteiger partial charge in [-0.1, -0.05) is 0 Å². The first-order valence-corrected chi connectivity index (χ1v) is 7.14. The van der Waals surface area contributed by atoms with Crippen LogP contribution < -0.4 is 5.32 Å². The minimum Gasteiger partial charge on any atom is -0.381 e. The number of amides is 1. The Balaban J connectivity index is 2.08. The molecule has 0 bridgehead atoms. The van der Waals surface area contributed by atoms with Crippen LogP contribution in [0.15, 0.2) is 10.8 Å². The van der Waals surface area contributed by atoms with E-state index in [4.69, 9.17) is 16.3 Å². The Morgan fingerprint density at radius 1 is 1.53 bits per heavy atom. The minimum absolute atomic E-state index is 0.0219. The molecule has 0 aromatic carbocycles. The quantitative estimate of drug-likeness (QED) is 0.860. The van der Waals surface area contributed by atoms with E-state index in [1.54, 1.807) is 11.3 Å². The molecule has 1 aliphatic heterocycles. The Morgan fingerprint density at radius 2 is 2.24 bits per heavy atom. The van der Waals surface area contributed by atoms with E-state index in [2.05, 4.69) is 5.32 Å². The van der Waals surface area contributed by atoms with Crippen LogP contribution in [0.4, 0.5) is 0 Å². The molecule has 1 amide bonds. The molecule has 17 heavy (non-hydrogen) atoms. The van der Waals surface area contributed by atoms with E-state index in [-0.39, 0.29) is 11.4 Å². The van der Waals surface area contributed by atoms with Crippen LogP contribution in [0, 0.1) is 6.92 Å². The average Bonchev–Trinajstić information content (AvgIpc) is 2.77. The number of aryl methyl sites for hydroxylation is 1. The van der Waals surface area contributed by atoms with Gasteiger partial charge in [-0.2, -0.15) is 11.3 Å². The van der Waals surface area contributed by atoms with Crippen molar-refractivity contribution in [3.05, 3.63) is 21.9 Å². The molecule has 0 aliphatic carbocycles. The number of ether oxygens (including phenoxy) is 1. The highest BCUT2D eigenvalue weighted by atomic mass is 35.5. The van der Waals surface area contributed by atoms with Crippen LogP contribution in [-0.2, 0) is 4.74 Å². The second-order valence-electron chi connectivity index (χ2n) is 4.45. The number of nitrogens with one attached hydrogen (secondary N) is 1. The van der Waals surface area contributed by atoms with E-state index in [1.165, 1.54) is 0 Å². The van der Waals surface area contributed by atoms with Gasteiger partial charge in [0.25, 0.3) is 5.91 Å². The minimum atomic E-state index is -0.300. The van der Waals surface area contributed by atoms with E-state index < -0.39 is 0 Å². The zero-order valence-corrected chi connectivity index (χ0v) is 11.4.